The minimum Gasteiger partial charge on any atom is -0.496 e. The summed E-state index contributed by atoms with van der Waals surface area (Å²) < 4.78 is 71.4. The summed E-state index contributed by atoms with van der Waals surface area (Å²) in [5, 5.41) is 0. The number of rotatable bonds is 4. The first-order valence-electron chi connectivity index (χ1n) is 8.75. The Morgan fingerprint density at radius 3 is 2.17 bits per heavy atom. The summed E-state index contributed by atoms with van der Waals surface area (Å²) in [5.41, 5.74) is -0.860. The molecule has 0 unspecified atom stereocenters. The number of ether oxygens (including phenoxy) is 1. The number of alkyl halides is 3. The van der Waals surface area contributed by atoms with Crippen LogP contribution in [0.1, 0.15) is 15.9 Å². The normalized spacial score (nSPS) is 15.9. The van der Waals surface area contributed by atoms with Gasteiger partial charge >= 0.3 is 6.18 Å². The molecule has 2 aromatic carbocycles. The van der Waals surface area contributed by atoms with Gasteiger partial charge in [0.05, 0.1) is 23.1 Å². The predicted octanol–water partition coefficient (Wildman–Crippen LogP) is 2.86. The quantitative estimate of drug-likeness (QED) is 0.751. The van der Waals surface area contributed by atoms with Gasteiger partial charge in [-0.05, 0) is 24.3 Å². The fraction of sp³-hybridized carbons (Fsp3) is 0.316. The molecule has 3 rings (SSSR count). The molecule has 0 aromatic heterocycles. The smallest absolute Gasteiger partial charge is 0.417 e. The first kappa shape index (κ1) is 21.1. The molecule has 0 bridgehead atoms. The van der Waals surface area contributed by atoms with Gasteiger partial charge in [0.1, 0.15) is 5.75 Å². The molecule has 29 heavy (non-hydrogen) atoms. The molecule has 0 saturated carbocycles. The van der Waals surface area contributed by atoms with E-state index in [1.54, 1.807) is 24.3 Å². The lowest BCUT2D eigenvalue weighted by Gasteiger charge is -2.34. The molecule has 1 saturated heterocycles. The summed E-state index contributed by atoms with van der Waals surface area (Å²) >= 11 is 0. The van der Waals surface area contributed by atoms with E-state index in [0.29, 0.717) is 11.3 Å². The second kappa shape index (κ2) is 8.03. The Balaban J connectivity index is 1.78. The minimum atomic E-state index is -4.79. The minimum absolute atomic E-state index is 0.0598. The SMILES string of the molecule is COc1ccccc1C(=O)N1CCN(S(=O)(=O)c2ccccc2C(F)(F)F)CC1. The lowest BCUT2D eigenvalue weighted by Crippen LogP contribution is -2.50. The molecule has 156 valence electrons. The fourth-order valence-corrected chi connectivity index (χ4v) is 4.82. The first-order valence-corrected chi connectivity index (χ1v) is 10.2. The second-order valence-corrected chi connectivity index (χ2v) is 8.30. The van der Waals surface area contributed by atoms with Crippen molar-refractivity contribution in [3.05, 3.63) is 59.7 Å². The third kappa shape index (κ3) is 4.23. The Labute approximate surface area is 166 Å². The highest BCUT2D eigenvalue weighted by molar-refractivity contribution is 7.89. The average molecular weight is 428 g/mol. The van der Waals surface area contributed by atoms with Crippen molar-refractivity contribution in [1.29, 1.82) is 0 Å². The molecule has 0 aliphatic carbocycles. The van der Waals surface area contributed by atoms with Gasteiger partial charge in [-0.25, -0.2) is 8.42 Å². The van der Waals surface area contributed by atoms with Gasteiger partial charge in [0.2, 0.25) is 10.0 Å². The van der Waals surface area contributed by atoms with E-state index >= 15 is 0 Å². The molecule has 2 aromatic rings. The molecule has 1 fully saturated rings. The molecular weight excluding hydrogens is 409 g/mol. The number of nitrogens with zero attached hydrogens (tertiary/aromatic N) is 2. The van der Waals surface area contributed by atoms with Gasteiger partial charge in [0.25, 0.3) is 5.91 Å². The van der Waals surface area contributed by atoms with E-state index in [1.807, 2.05) is 0 Å². The summed E-state index contributed by atoms with van der Waals surface area (Å²) in [7, 11) is -2.91. The highest BCUT2D eigenvalue weighted by Crippen LogP contribution is 2.35. The number of carbonyl (C=O) groups is 1. The van der Waals surface area contributed by atoms with Crippen molar-refractivity contribution in [2.75, 3.05) is 33.3 Å². The molecule has 1 heterocycles. The van der Waals surface area contributed by atoms with E-state index in [4.69, 9.17) is 4.74 Å². The molecule has 0 radical (unpaired) electrons. The zero-order chi connectivity index (χ0) is 21.2. The maximum atomic E-state index is 13.2. The van der Waals surface area contributed by atoms with Crippen molar-refractivity contribution in [2.24, 2.45) is 0 Å². The predicted molar refractivity (Wildman–Crippen MR) is 99.1 cm³/mol. The molecule has 1 amide bonds. The van der Waals surface area contributed by atoms with Crippen LogP contribution in [0.25, 0.3) is 0 Å². The molecule has 6 nitrogen and oxygen atoms in total. The highest BCUT2D eigenvalue weighted by atomic mass is 32.2. The Bertz CT molecular complexity index is 1000. The molecule has 0 atom stereocenters. The first-order chi connectivity index (χ1) is 13.7. The lowest BCUT2D eigenvalue weighted by molar-refractivity contribution is -0.139. The number of hydrogen-bond acceptors (Lipinski definition) is 4. The van der Waals surface area contributed by atoms with Crippen molar-refractivity contribution in [1.82, 2.24) is 9.21 Å². The summed E-state index contributed by atoms with van der Waals surface area (Å²) in [6, 6.07) is 10.7. The topological polar surface area (TPSA) is 66.9 Å². The summed E-state index contributed by atoms with van der Waals surface area (Å²) in [6.07, 6.45) is -4.79. The van der Waals surface area contributed by atoms with Crippen molar-refractivity contribution < 1.29 is 31.1 Å². The van der Waals surface area contributed by atoms with Gasteiger partial charge in [-0.3, -0.25) is 4.79 Å². The molecule has 1 aliphatic rings. The number of halogens is 3. The van der Waals surface area contributed by atoms with Crippen LogP contribution in [-0.4, -0.2) is 56.8 Å². The number of methoxy groups -OCH3 is 1. The molecule has 10 heteroatoms. The van der Waals surface area contributed by atoms with Crippen molar-refractivity contribution in [3.63, 3.8) is 0 Å². The number of hydrogen-bond donors (Lipinski definition) is 0. The monoisotopic (exact) mass is 428 g/mol. The van der Waals surface area contributed by atoms with Crippen LogP contribution in [0, 0.1) is 0 Å². The molecule has 1 aliphatic heterocycles. The van der Waals surface area contributed by atoms with Crippen molar-refractivity contribution in [2.45, 2.75) is 11.1 Å². The van der Waals surface area contributed by atoms with Gasteiger partial charge in [-0.15, -0.1) is 0 Å². The van der Waals surface area contributed by atoms with E-state index < -0.39 is 26.7 Å². The van der Waals surface area contributed by atoms with Crippen LogP contribution in [0.4, 0.5) is 13.2 Å². The van der Waals surface area contributed by atoms with Gasteiger partial charge < -0.3 is 9.64 Å². The fourth-order valence-electron chi connectivity index (χ4n) is 3.19. The van der Waals surface area contributed by atoms with Crippen LogP contribution >= 0.6 is 0 Å². The van der Waals surface area contributed by atoms with E-state index in [9.17, 15) is 26.4 Å². The standard InChI is InChI=1S/C19H19F3N2O4S/c1-28-16-8-4-2-6-14(16)18(25)23-10-12-24(13-11-23)29(26,27)17-9-5-3-7-15(17)19(20,21)22/h2-9H,10-13H2,1H3. The van der Waals surface area contributed by atoms with Crippen LogP contribution in [0.5, 0.6) is 5.75 Å². The molecule has 0 N–H and O–H groups in total. The largest absolute Gasteiger partial charge is 0.496 e. The Morgan fingerprint density at radius 2 is 1.55 bits per heavy atom. The van der Waals surface area contributed by atoms with Gasteiger partial charge in [0, 0.05) is 26.2 Å². The van der Waals surface area contributed by atoms with E-state index in [2.05, 4.69) is 0 Å². The van der Waals surface area contributed by atoms with Gasteiger partial charge in [0.15, 0.2) is 0 Å². The number of amides is 1. The Kier molecular flexibility index (Phi) is 5.85. The van der Waals surface area contributed by atoms with Crippen LogP contribution in [0.3, 0.4) is 0 Å². The van der Waals surface area contributed by atoms with Crippen LogP contribution in [0.2, 0.25) is 0 Å². The summed E-state index contributed by atoms with van der Waals surface area (Å²) in [6.45, 7) is -0.0839. The maximum Gasteiger partial charge on any atom is 0.417 e. The van der Waals surface area contributed by atoms with Gasteiger partial charge in [-0.2, -0.15) is 17.5 Å². The average Bonchev–Trinajstić information content (AvgIpc) is 2.72. The van der Waals surface area contributed by atoms with E-state index in [0.717, 1.165) is 22.5 Å². The lowest BCUT2D eigenvalue weighted by atomic mass is 10.1. The number of carbonyl (C=O) groups excluding carboxylic acids is 1. The third-order valence-electron chi connectivity index (χ3n) is 4.67. The van der Waals surface area contributed by atoms with E-state index in [-0.39, 0.29) is 32.1 Å². The summed E-state index contributed by atoms with van der Waals surface area (Å²) in [4.78, 5) is 13.4. The number of sulfonamides is 1. The summed E-state index contributed by atoms with van der Waals surface area (Å²) in [5.74, 6) is 0.0712. The number of para-hydroxylation sites is 1. The number of piperazine rings is 1. The van der Waals surface area contributed by atoms with Crippen molar-refractivity contribution >= 4 is 15.9 Å². The van der Waals surface area contributed by atoms with E-state index in [1.165, 1.54) is 18.1 Å². The maximum absolute atomic E-state index is 13.2. The van der Waals surface area contributed by atoms with Crippen LogP contribution < -0.4 is 4.74 Å². The van der Waals surface area contributed by atoms with Crippen LogP contribution in [-0.2, 0) is 16.2 Å². The second-order valence-electron chi connectivity index (χ2n) is 6.39. The Morgan fingerprint density at radius 1 is 0.966 bits per heavy atom. The highest BCUT2D eigenvalue weighted by Gasteiger charge is 2.39. The number of benzene rings is 2. The molecular formula is C19H19F3N2O4S. The van der Waals surface area contributed by atoms with Gasteiger partial charge in [-0.1, -0.05) is 24.3 Å². The molecule has 0 spiro atoms. The van der Waals surface area contributed by atoms with Crippen LogP contribution in [0.15, 0.2) is 53.4 Å². The Hall–Kier alpha value is -2.59. The zero-order valence-corrected chi connectivity index (χ0v) is 16.3. The zero-order valence-electron chi connectivity index (χ0n) is 15.5. The van der Waals surface area contributed by atoms with Crippen molar-refractivity contribution in [3.8, 4) is 5.75 Å². The third-order valence-corrected chi connectivity index (χ3v) is 6.63.